The predicted octanol–water partition coefficient (Wildman–Crippen LogP) is 1.52. The molecule has 0 bridgehead atoms. The largest absolute Gasteiger partial charge is 0.504 e. The number of thiocarbonyl (C=S) groups is 1. The quantitative estimate of drug-likeness (QED) is 0.379. The van der Waals surface area contributed by atoms with E-state index < -0.39 is 0 Å². The van der Waals surface area contributed by atoms with Crippen LogP contribution in [0.2, 0.25) is 0 Å². The average molecular weight is 298 g/mol. The minimum atomic E-state index is -0.262. The van der Waals surface area contributed by atoms with Crippen molar-refractivity contribution in [3.63, 3.8) is 0 Å². The van der Waals surface area contributed by atoms with Crippen molar-refractivity contribution in [2.75, 3.05) is 19.6 Å². The van der Waals surface area contributed by atoms with Gasteiger partial charge in [-0.2, -0.15) is 0 Å². The zero-order chi connectivity index (χ0) is 14.0. The molecule has 1 heterocycles. The minimum absolute atomic E-state index is 0.0562. The molecule has 0 aromatic heterocycles. The van der Waals surface area contributed by atoms with Crippen molar-refractivity contribution in [3.8, 4) is 11.5 Å². The average Bonchev–Trinajstić information content (AvgIpc) is 2.35. The van der Waals surface area contributed by atoms with E-state index >= 15 is 0 Å². The van der Waals surface area contributed by atoms with E-state index in [4.69, 9.17) is 12.2 Å². The third-order valence-electron chi connectivity index (χ3n) is 3.57. The third kappa shape index (κ3) is 2.96. The molecule has 2 rings (SSSR count). The van der Waals surface area contributed by atoms with Gasteiger partial charge in [-0.15, -0.1) is 12.6 Å². The SMILES string of the molecule is CC1(Cc2cccc(O)c2O)CNCCN1C(=S)S. The summed E-state index contributed by atoms with van der Waals surface area (Å²) in [6, 6.07) is 5.02. The number of benzene rings is 1. The molecule has 1 aromatic carbocycles. The fraction of sp³-hybridized carbons (Fsp3) is 0.462. The minimum Gasteiger partial charge on any atom is -0.504 e. The molecule has 1 unspecified atom stereocenters. The van der Waals surface area contributed by atoms with E-state index in [1.165, 1.54) is 6.07 Å². The predicted molar refractivity (Wildman–Crippen MR) is 83.0 cm³/mol. The van der Waals surface area contributed by atoms with Gasteiger partial charge in [0.1, 0.15) is 4.32 Å². The van der Waals surface area contributed by atoms with Crippen molar-refractivity contribution in [1.29, 1.82) is 0 Å². The van der Waals surface area contributed by atoms with Crippen LogP contribution >= 0.6 is 24.8 Å². The van der Waals surface area contributed by atoms with Crippen LogP contribution in [-0.4, -0.2) is 44.6 Å². The zero-order valence-electron chi connectivity index (χ0n) is 10.8. The number of hydrogen-bond donors (Lipinski definition) is 4. The maximum absolute atomic E-state index is 9.93. The first kappa shape index (κ1) is 14.4. The lowest BCUT2D eigenvalue weighted by atomic mass is 9.89. The Morgan fingerprint density at radius 1 is 1.53 bits per heavy atom. The second-order valence-corrected chi connectivity index (χ2v) is 6.18. The van der Waals surface area contributed by atoms with Crippen LogP contribution < -0.4 is 5.32 Å². The Morgan fingerprint density at radius 3 is 2.95 bits per heavy atom. The lowest BCUT2D eigenvalue weighted by molar-refractivity contribution is 0.158. The van der Waals surface area contributed by atoms with Gasteiger partial charge in [0, 0.05) is 31.6 Å². The summed E-state index contributed by atoms with van der Waals surface area (Å²) in [5.41, 5.74) is 0.448. The number of para-hydroxylation sites is 1. The highest BCUT2D eigenvalue weighted by atomic mass is 32.1. The number of phenolic OH excluding ortho intramolecular Hbond substituents is 2. The zero-order valence-corrected chi connectivity index (χ0v) is 12.5. The number of thiol groups is 1. The van der Waals surface area contributed by atoms with Crippen molar-refractivity contribution in [3.05, 3.63) is 23.8 Å². The number of nitrogens with one attached hydrogen (secondary N) is 1. The van der Waals surface area contributed by atoms with E-state index in [2.05, 4.69) is 29.8 Å². The standard InChI is InChI=1S/C13H18N2O2S2/c1-13(8-14-5-6-15(13)12(18)19)7-9-3-2-4-10(16)11(9)17/h2-4,14,16-17H,5-8H2,1H3,(H,18,19). The Hall–Kier alpha value is -0.980. The van der Waals surface area contributed by atoms with E-state index in [1.807, 2.05) is 6.07 Å². The molecule has 1 aliphatic rings. The molecule has 0 saturated carbocycles. The van der Waals surface area contributed by atoms with Crippen molar-refractivity contribution in [2.24, 2.45) is 0 Å². The molecule has 1 aliphatic heterocycles. The van der Waals surface area contributed by atoms with Gasteiger partial charge in [-0.25, -0.2) is 0 Å². The Bertz CT molecular complexity index is 496. The Kier molecular flexibility index (Phi) is 4.23. The van der Waals surface area contributed by atoms with Crippen LogP contribution in [0, 0.1) is 0 Å². The number of nitrogens with zero attached hydrogens (tertiary/aromatic N) is 1. The van der Waals surface area contributed by atoms with Gasteiger partial charge in [-0.05, 0) is 13.0 Å². The first-order valence-corrected chi connectivity index (χ1v) is 7.01. The first-order valence-electron chi connectivity index (χ1n) is 6.15. The van der Waals surface area contributed by atoms with Gasteiger partial charge in [-0.3, -0.25) is 0 Å². The van der Waals surface area contributed by atoms with E-state index in [0.29, 0.717) is 16.3 Å². The highest BCUT2D eigenvalue weighted by Crippen LogP contribution is 2.33. The summed E-state index contributed by atoms with van der Waals surface area (Å²) in [7, 11) is 0. The van der Waals surface area contributed by atoms with Crippen molar-refractivity contribution in [2.45, 2.75) is 18.9 Å². The van der Waals surface area contributed by atoms with Crippen LogP contribution in [0.3, 0.4) is 0 Å². The van der Waals surface area contributed by atoms with E-state index in [0.717, 1.165) is 19.6 Å². The van der Waals surface area contributed by atoms with Gasteiger partial charge in [0.05, 0.1) is 5.54 Å². The molecule has 1 fully saturated rings. The molecule has 3 N–H and O–H groups in total. The summed E-state index contributed by atoms with van der Waals surface area (Å²) in [5.74, 6) is -0.149. The summed E-state index contributed by atoms with van der Waals surface area (Å²) in [6.45, 7) is 4.48. The van der Waals surface area contributed by atoms with Crippen LogP contribution in [0.5, 0.6) is 11.5 Å². The number of rotatable bonds is 2. The second kappa shape index (κ2) is 5.56. The van der Waals surface area contributed by atoms with Gasteiger partial charge >= 0.3 is 0 Å². The molecule has 0 radical (unpaired) electrons. The van der Waals surface area contributed by atoms with E-state index in [-0.39, 0.29) is 17.0 Å². The molecule has 0 aliphatic carbocycles. The number of piperazine rings is 1. The Balaban J connectivity index is 2.28. The van der Waals surface area contributed by atoms with Gasteiger partial charge in [0.2, 0.25) is 0 Å². The fourth-order valence-electron chi connectivity index (χ4n) is 2.53. The van der Waals surface area contributed by atoms with Crippen molar-refractivity contribution in [1.82, 2.24) is 10.2 Å². The van der Waals surface area contributed by atoms with Crippen LogP contribution in [0.4, 0.5) is 0 Å². The molecule has 1 atom stereocenters. The van der Waals surface area contributed by atoms with Gasteiger partial charge in [0.15, 0.2) is 11.5 Å². The molecule has 0 amide bonds. The molecule has 1 aromatic rings. The highest BCUT2D eigenvalue weighted by molar-refractivity contribution is 8.10. The molecule has 1 saturated heterocycles. The lowest BCUT2D eigenvalue weighted by Gasteiger charge is -2.46. The van der Waals surface area contributed by atoms with E-state index in [9.17, 15) is 10.2 Å². The number of hydrogen-bond acceptors (Lipinski definition) is 4. The van der Waals surface area contributed by atoms with Gasteiger partial charge in [0.25, 0.3) is 0 Å². The van der Waals surface area contributed by atoms with Gasteiger partial charge in [-0.1, -0.05) is 24.4 Å². The normalized spacial score (nSPS) is 23.4. The van der Waals surface area contributed by atoms with Crippen LogP contribution in [-0.2, 0) is 6.42 Å². The Morgan fingerprint density at radius 2 is 2.26 bits per heavy atom. The lowest BCUT2D eigenvalue weighted by Crippen LogP contribution is -2.61. The molecule has 19 heavy (non-hydrogen) atoms. The topological polar surface area (TPSA) is 55.7 Å². The van der Waals surface area contributed by atoms with Gasteiger partial charge < -0.3 is 20.4 Å². The summed E-state index contributed by atoms with van der Waals surface area (Å²) >= 11 is 9.47. The number of phenols is 2. The second-order valence-electron chi connectivity index (χ2n) is 5.07. The van der Waals surface area contributed by atoms with Crippen molar-refractivity contribution < 1.29 is 10.2 Å². The third-order valence-corrected chi connectivity index (χ3v) is 4.03. The van der Waals surface area contributed by atoms with Crippen LogP contribution in [0.15, 0.2) is 18.2 Å². The molecule has 6 heteroatoms. The van der Waals surface area contributed by atoms with Crippen LogP contribution in [0.1, 0.15) is 12.5 Å². The fourth-order valence-corrected chi connectivity index (χ4v) is 3.18. The van der Waals surface area contributed by atoms with E-state index in [1.54, 1.807) is 6.07 Å². The summed E-state index contributed by atoms with van der Waals surface area (Å²) in [4.78, 5) is 2.06. The maximum atomic E-state index is 9.93. The molecule has 0 spiro atoms. The Labute approximate surface area is 123 Å². The summed E-state index contributed by atoms with van der Waals surface area (Å²) < 4.78 is 0.559. The highest BCUT2D eigenvalue weighted by Gasteiger charge is 2.36. The summed E-state index contributed by atoms with van der Waals surface area (Å²) in [6.07, 6.45) is 0.584. The maximum Gasteiger partial charge on any atom is 0.160 e. The number of aromatic hydroxyl groups is 2. The monoisotopic (exact) mass is 298 g/mol. The molecular weight excluding hydrogens is 280 g/mol. The molecular formula is C13H18N2O2S2. The van der Waals surface area contributed by atoms with Crippen LogP contribution in [0.25, 0.3) is 0 Å². The molecule has 104 valence electrons. The summed E-state index contributed by atoms with van der Waals surface area (Å²) in [5, 5.41) is 22.8. The van der Waals surface area contributed by atoms with Crippen molar-refractivity contribution >= 4 is 29.2 Å². The smallest absolute Gasteiger partial charge is 0.160 e. The first-order chi connectivity index (χ1) is 8.94. The molecule has 4 nitrogen and oxygen atoms in total.